The molecular weight excluding hydrogens is 578 g/mol. The maximum Gasteiger partial charge on any atom is 0.328 e. The van der Waals surface area contributed by atoms with Crippen LogP contribution in [0.4, 0.5) is 0 Å². The Morgan fingerprint density at radius 2 is 1.74 bits per heavy atom. The van der Waals surface area contributed by atoms with E-state index in [0.717, 1.165) is 45.9 Å². The number of rotatable bonds is 14. The SMILES string of the molecule is COC(=O)[C@H](CCSC)NC(=O)c1ccc(C(OCCCC2CCCCC2)c2cccc(Cl)c2)cc1-c1ccccc1C. The Bertz CT molecular complexity index is 1360. The number of halogens is 1. The van der Waals surface area contributed by atoms with Crippen molar-refractivity contribution in [1.82, 2.24) is 5.32 Å². The van der Waals surface area contributed by atoms with Gasteiger partial charge in [-0.1, -0.05) is 86.2 Å². The van der Waals surface area contributed by atoms with Crippen LogP contribution in [0, 0.1) is 12.8 Å². The smallest absolute Gasteiger partial charge is 0.328 e. The van der Waals surface area contributed by atoms with Gasteiger partial charge in [-0.25, -0.2) is 4.79 Å². The van der Waals surface area contributed by atoms with Crippen molar-refractivity contribution in [2.75, 3.05) is 25.7 Å². The van der Waals surface area contributed by atoms with Crippen molar-refractivity contribution in [2.45, 2.75) is 70.4 Å². The molecule has 1 saturated carbocycles. The number of benzene rings is 3. The second kappa shape index (κ2) is 16.9. The zero-order valence-corrected chi connectivity index (χ0v) is 27.1. The zero-order chi connectivity index (χ0) is 30.6. The van der Waals surface area contributed by atoms with Crippen LogP contribution in [0.5, 0.6) is 0 Å². The summed E-state index contributed by atoms with van der Waals surface area (Å²) in [7, 11) is 1.35. The van der Waals surface area contributed by atoms with E-state index in [-0.39, 0.29) is 12.0 Å². The first kappa shape index (κ1) is 33.1. The lowest BCUT2D eigenvalue weighted by atomic mass is 9.86. The zero-order valence-electron chi connectivity index (χ0n) is 25.6. The molecule has 3 aromatic carbocycles. The minimum absolute atomic E-state index is 0.311. The first-order valence-electron chi connectivity index (χ1n) is 15.4. The summed E-state index contributed by atoms with van der Waals surface area (Å²) in [4.78, 5) is 26.2. The van der Waals surface area contributed by atoms with Gasteiger partial charge in [0.2, 0.25) is 0 Å². The molecule has 1 fully saturated rings. The molecule has 1 aliphatic carbocycles. The molecule has 0 heterocycles. The molecule has 1 N–H and O–H groups in total. The molecule has 1 aliphatic rings. The fraction of sp³-hybridized carbons (Fsp3) is 0.444. The van der Waals surface area contributed by atoms with Gasteiger partial charge in [-0.05, 0) is 96.2 Å². The van der Waals surface area contributed by atoms with Crippen molar-refractivity contribution in [2.24, 2.45) is 5.92 Å². The second-order valence-electron chi connectivity index (χ2n) is 11.4. The largest absolute Gasteiger partial charge is 0.467 e. The summed E-state index contributed by atoms with van der Waals surface area (Å²) in [6.45, 7) is 2.68. The van der Waals surface area contributed by atoms with Gasteiger partial charge in [0.25, 0.3) is 5.91 Å². The van der Waals surface area contributed by atoms with E-state index in [1.807, 2.05) is 73.8 Å². The first-order valence-corrected chi connectivity index (χ1v) is 17.1. The van der Waals surface area contributed by atoms with Crippen LogP contribution in [-0.4, -0.2) is 43.6 Å². The molecule has 0 bridgehead atoms. The fourth-order valence-corrected chi connectivity index (χ4v) is 6.66. The van der Waals surface area contributed by atoms with Gasteiger partial charge in [-0.3, -0.25) is 4.79 Å². The van der Waals surface area contributed by atoms with Crippen LogP contribution in [0.1, 0.15) is 84.5 Å². The maximum atomic E-state index is 13.7. The molecule has 3 aromatic rings. The third-order valence-corrected chi connectivity index (χ3v) is 9.22. The summed E-state index contributed by atoms with van der Waals surface area (Å²) in [5, 5.41) is 3.59. The van der Waals surface area contributed by atoms with Crippen LogP contribution in [0.2, 0.25) is 5.02 Å². The van der Waals surface area contributed by atoms with E-state index in [1.54, 1.807) is 11.8 Å². The number of carbonyl (C=O) groups is 2. The molecule has 5 nitrogen and oxygen atoms in total. The van der Waals surface area contributed by atoms with Gasteiger partial charge in [0.05, 0.1) is 7.11 Å². The van der Waals surface area contributed by atoms with Crippen molar-refractivity contribution in [3.05, 3.63) is 94.0 Å². The number of ether oxygens (including phenoxy) is 2. The molecule has 0 radical (unpaired) electrons. The van der Waals surface area contributed by atoms with Crippen LogP contribution in [-0.2, 0) is 14.3 Å². The molecule has 0 spiro atoms. The lowest BCUT2D eigenvalue weighted by Gasteiger charge is -2.24. The van der Waals surface area contributed by atoms with E-state index in [2.05, 4.69) is 11.4 Å². The third-order valence-electron chi connectivity index (χ3n) is 8.35. The van der Waals surface area contributed by atoms with Gasteiger partial charge < -0.3 is 14.8 Å². The number of methoxy groups -OCH3 is 1. The van der Waals surface area contributed by atoms with Crippen molar-refractivity contribution in [1.29, 1.82) is 0 Å². The van der Waals surface area contributed by atoms with Crippen molar-refractivity contribution in [3.63, 3.8) is 0 Å². The van der Waals surface area contributed by atoms with Crippen LogP contribution in [0.3, 0.4) is 0 Å². The Morgan fingerprint density at radius 3 is 2.47 bits per heavy atom. The highest BCUT2D eigenvalue weighted by molar-refractivity contribution is 7.98. The molecule has 0 saturated heterocycles. The molecule has 0 aliphatic heterocycles. The molecule has 2 atom stereocenters. The average molecular weight is 622 g/mol. The molecule has 1 amide bonds. The molecule has 230 valence electrons. The number of aryl methyl sites for hydroxylation is 1. The van der Waals surface area contributed by atoms with Crippen LogP contribution >= 0.6 is 23.4 Å². The summed E-state index contributed by atoms with van der Waals surface area (Å²) in [5.41, 5.74) is 5.21. The molecule has 1 unspecified atom stereocenters. The summed E-state index contributed by atoms with van der Waals surface area (Å²) in [5.74, 6) is 0.772. The number of nitrogens with one attached hydrogen (secondary N) is 1. The Morgan fingerprint density at radius 1 is 0.977 bits per heavy atom. The number of esters is 1. The van der Waals surface area contributed by atoms with Gasteiger partial charge in [0.1, 0.15) is 12.1 Å². The van der Waals surface area contributed by atoms with Gasteiger partial charge in [-0.15, -0.1) is 0 Å². The monoisotopic (exact) mass is 621 g/mol. The summed E-state index contributed by atoms with van der Waals surface area (Å²) in [6, 6.07) is 21.0. The predicted molar refractivity (Wildman–Crippen MR) is 178 cm³/mol. The highest BCUT2D eigenvalue weighted by atomic mass is 35.5. The quantitative estimate of drug-likeness (QED) is 0.144. The Labute approximate surface area is 266 Å². The Kier molecular flexibility index (Phi) is 13.0. The van der Waals surface area contributed by atoms with Gasteiger partial charge in [0.15, 0.2) is 0 Å². The van der Waals surface area contributed by atoms with E-state index in [9.17, 15) is 9.59 Å². The highest BCUT2D eigenvalue weighted by Gasteiger charge is 2.25. The first-order chi connectivity index (χ1) is 20.9. The van der Waals surface area contributed by atoms with Gasteiger partial charge in [-0.2, -0.15) is 11.8 Å². The Hall–Kier alpha value is -2.80. The highest BCUT2D eigenvalue weighted by Crippen LogP contribution is 2.35. The molecule has 43 heavy (non-hydrogen) atoms. The molecule has 7 heteroatoms. The van der Waals surface area contributed by atoms with Crippen LogP contribution in [0.15, 0.2) is 66.7 Å². The minimum atomic E-state index is -0.721. The summed E-state index contributed by atoms with van der Waals surface area (Å²) < 4.78 is 11.6. The normalized spacial score (nSPS) is 15.1. The van der Waals surface area contributed by atoms with E-state index in [4.69, 9.17) is 21.1 Å². The van der Waals surface area contributed by atoms with Gasteiger partial charge in [0, 0.05) is 17.2 Å². The topological polar surface area (TPSA) is 64.6 Å². The number of thioether (sulfide) groups is 1. The van der Waals surface area contributed by atoms with E-state index < -0.39 is 12.0 Å². The fourth-order valence-electron chi connectivity index (χ4n) is 5.99. The predicted octanol–water partition coefficient (Wildman–Crippen LogP) is 8.81. The third kappa shape index (κ3) is 9.34. The number of hydrogen-bond donors (Lipinski definition) is 1. The van der Waals surface area contributed by atoms with E-state index in [0.29, 0.717) is 23.6 Å². The Balaban J connectivity index is 1.67. The molecule has 4 rings (SSSR count). The average Bonchev–Trinajstić information content (AvgIpc) is 3.03. The lowest BCUT2D eigenvalue weighted by Crippen LogP contribution is -2.42. The standard InChI is InChI=1S/C36H44ClNO4S/c1-25-11-7-8-17-30(25)32-24-28(18-19-31(32)35(39)38-33(20-22-43-3)36(40)41-2)34(27-15-9-16-29(37)23-27)42-21-10-14-26-12-5-4-6-13-26/h7-9,11,15-19,23-24,26,33-34H,4-6,10,12-14,20-22H2,1-3H3,(H,38,39)/t33-,34?/m0/s1. The van der Waals surface area contributed by atoms with Crippen molar-refractivity contribution in [3.8, 4) is 11.1 Å². The number of amides is 1. The van der Waals surface area contributed by atoms with Crippen LogP contribution in [0.25, 0.3) is 11.1 Å². The lowest BCUT2D eigenvalue weighted by molar-refractivity contribution is -0.142. The second-order valence-corrected chi connectivity index (χ2v) is 12.8. The van der Waals surface area contributed by atoms with Crippen molar-refractivity contribution < 1.29 is 19.1 Å². The van der Waals surface area contributed by atoms with Crippen LogP contribution < -0.4 is 5.32 Å². The van der Waals surface area contributed by atoms with E-state index in [1.165, 1.54) is 45.6 Å². The van der Waals surface area contributed by atoms with Crippen molar-refractivity contribution >= 4 is 35.2 Å². The summed E-state index contributed by atoms with van der Waals surface area (Å²) >= 11 is 8.05. The minimum Gasteiger partial charge on any atom is -0.467 e. The van der Waals surface area contributed by atoms with Gasteiger partial charge >= 0.3 is 5.97 Å². The number of carbonyl (C=O) groups excluding carboxylic acids is 2. The van der Waals surface area contributed by atoms with E-state index >= 15 is 0 Å². The molecule has 0 aromatic heterocycles. The summed E-state index contributed by atoms with van der Waals surface area (Å²) in [6.07, 6.45) is 11.0. The number of hydrogen-bond acceptors (Lipinski definition) is 5. The maximum absolute atomic E-state index is 13.7. The molecular formula is C36H44ClNO4S.